The highest BCUT2D eigenvalue weighted by Gasteiger charge is 2.59. The van der Waals surface area contributed by atoms with Crippen molar-refractivity contribution in [2.45, 2.75) is 25.1 Å². The summed E-state index contributed by atoms with van der Waals surface area (Å²) in [5.74, 6) is -1.71. The number of rotatable bonds is 5. The first-order valence-corrected chi connectivity index (χ1v) is 6.47. The van der Waals surface area contributed by atoms with Crippen LogP contribution in [0.15, 0.2) is 30.3 Å². The second-order valence-corrected chi connectivity index (χ2v) is 4.67. The first-order valence-electron chi connectivity index (χ1n) is 6.09. The molecule has 0 aliphatic carbocycles. The van der Waals surface area contributed by atoms with E-state index in [4.69, 9.17) is 11.6 Å². The fourth-order valence-electron chi connectivity index (χ4n) is 1.50. The first kappa shape index (κ1) is 17.5. The van der Waals surface area contributed by atoms with Crippen molar-refractivity contribution in [3.63, 3.8) is 0 Å². The number of alkyl halides is 3. The van der Waals surface area contributed by atoms with E-state index in [-0.39, 0.29) is 6.61 Å². The number of esters is 1. The summed E-state index contributed by atoms with van der Waals surface area (Å²) in [5.41, 5.74) is -2.96. The maximum Gasteiger partial charge on any atom is 0.428 e. The van der Waals surface area contributed by atoms with E-state index in [0.717, 1.165) is 6.08 Å². The number of hydrogen-bond acceptors (Lipinski definition) is 3. The fraction of sp³-hybridized carbons (Fsp3) is 0.357. The highest BCUT2D eigenvalue weighted by molar-refractivity contribution is 6.30. The molecule has 1 unspecified atom stereocenters. The van der Waals surface area contributed by atoms with Crippen LogP contribution in [0.1, 0.15) is 18.9 Å². The van der Waals surface area contributed by atoms with Crippen LogP contribution in [0, 0.1) is 0 Å². The van der Waals surface area contributed by atoms with Gasteiger partial charge in [0.05, 0.1) is 6.61 Å². The molecule has 0 saturated carbocycles. The van der Waals surface area contributed by atoms with Gasteiger partial charge in [-0.1, -0.05) is 35.9 Å². The van der Waals surface area contributed by atoms with Crippen molar-refractivity contribution >= 4 is 23.6 Å². The number of hydrogen-bond donors (Lipinski definition) is 1. The zero-order chi connectivity index (χ0) is 16.1. The molecule has 0 heterocycles. The van der Waals surface area contributed by atoms with E-state index in [1.54, 1.807) is 24.3 Å². The monoisotopic (exact) mass is 322 g/mol. The van der Waals surface area contributed by atoms with Gasteiger partial charge in [0.25, 0.3) is 5.60 Å². The summed E-state index contributed by atoms with van der Waals surface area (Å²) in [4.78, 5) is 11.4. The smallest absolute Gasteiger partial charge is 0.428 e. The van der Waals surface area contributed by atoms with Crippen LogP contribution >= 0.6 is 11.6 Å². The molecule has 0 aliphatic heterocycles. The molecular formula is C14H14ClF3O3. The molecule has 0 radical (unpaired) electrons. The van der Waals surface area contributed by atoms with Crippen molar-refractivity contribution in [1.29, 1.82) is 0 Å². The predicted molar refractivity (Wildman–Crippen MR) is 72.7 cm³/mol. The maximum atomic E-state index is 12.9. The lowest BCUT2D eigenvalue weighted by atomic mass is 9.98. The van der Waals surface area contributed by atoms with Crippen LogP contribution in [0.25, 0.3) is 6.08 Å². The van der Waals surface area contributed by atoms with Gasteiger partial charge in [-0.05, 0) is 24.6 Å². The highest BCUT2D eigenvalue weighted by Crippen LogP contribution is 2.34. The third kappa shape index (κ3) is 4.47. The van der Waals surface area contributed by atoms with Gasteiger partial charge in [0.2, 0.25) is 0 Å². The average molecular weight is 323 g/mol. The molecule has 0 aromatic heterocycles. The molecule has 1 aromatic rings. The van der Waals surface area contributed by atoms with E-state index in [2.05, 4.69) is 4.74 Å². The van der Waals surface area contributed by atoms with Gasteiger partial charge >= 0.3 is 12.1 Å². The van der Waals surface area contributed by atoms with Crippen LogP contribution in [0.4, 0.5) is 13.2 Å². The third-order valence-electron chi connectivity index (χ3n) is 2.68. The normalized spacial score (nSPS) is 15.0. The predicted octanol–water partition coefficient (Wildman–Crippen LogP) is 3.60. The Bertz CT molecular complexity index is 511. The number of carbonyl (C=O) groups is 1. The Morgan fingerprint density at radius 2 is 1.90 bits per heavy atom. The summed E-state index contributed by atoms with van der Waals surface area (Å²) in [6, 6.07) is 6.33. The van der Waals surface area contributed by atoms with E-state index in [1.807, 2.05) is 0 Å². The summed E-state index contributed by atoms with van der Waals surface area (Å²) in [6.07, 6.45) is -3.64. The zero-order valence-corrected chi connectivity index (χ0v) is 11.9. The van der Waals surface area contributed by atoms with Crippen molar-refractivity contribution in [2.24, 2.45) is 0 Å². The molecule has 3 nitrogen and oxygen atoms in total. The Kier molecular flexibility index (Phi) is 5.80. The summed E-state index contributed by atoms with van der Waals surface area (Å²) in [7, 11) is 0. The Morgan fingerprint density at radius 3 is 2.38 bits per heavy atom. The van der Waals surface area contributed by atoms with Crippen LogP contribution in [0.2, 0.25) is 5.02 Å². The average Bonchev–Trinajstić information content (AvgIpc) is 2.39. The Labute approximate surface area is 125 Å². The Balaban J connectivity index is 2.88. The van der Waals surface area contributed by atoms with Gasteiger partial charge in [-0.15, -0.1) is 0 Å². The lowest BCUT2D eigenvalue weighted by Gasteiger charge is -2.26. The molecule has 0 bridgehead atoms. The van der Waals surface area contributed by atoms with E-state index in [0.29, 0.717) is 10.6 Å². The van der Waals surface area contributed by atoms with Crippen molar-refractivity contribution in [2.75, 3.05) is 6.61 Å². The number of benzene rings is 1. The molecule has 21 heavy (non-hydrogen) atoms. The van der Waals surface area contributed by atoms with Crippen LogP contribution in [0.3, 0.4) is 0 Å². The molecule has 0 saturated heterocycles. The molecule has 116 valence electrons. The summed E-state index contributed by atoms with van der Waals surface area (Å²) < 4.78 is 42.9. The minimum Gasteiger partial charge on any atom is -0.464 e. The fourth-order valence-corrected chi connectivity index (χ4v) is 1.63. The van der Waals surface area contributed by atoms with Crippen molar-refractivity contribution in [1.82, 2.24) is 0 Å². The summed E-state index contributed by atoms with van der Waals surface area (Å²) >= 11 is 5.68. The quantitative estimate of drug-likeness (QED) is 0.843. The van der Waals surface area contributed by atoms with Crippen molar-refractivity contribution in [3.8, 4) is 0 Å². The van der Waals surface area contributed by atoms with E-state index in [1.165, 1.54) is 13.0 Å². The summed E-state index contributed by atoms with van der Waals surface area (Å²) in [6.45, 7) is 1.11. The van der Waals surface area contributed by atoms with Gasteiger partial charge in [-0.2, -0.15) is 13.2 Å². The molecular weight excluding hydrogens is 309 g/mol. The summed E-state index contributed by atoms with van der Waals surface area (Å²) in [5, 5.41) is 10.1. The van der Waals surface area contributed by atoms with Gasteiger partial charge in [-0.25, -0.2) is 4.79 Å². The Morgan fingerprint density at radius 1 is 1.33 bits per heavy atom. The standard InChI is InChI=1S/C14H14ClF3O3/c1-2-21-12(19)13(20,14(16,17)18)9-3-4-10-5-7-11(15)8-6-10/h3-8,20H,2,9H2,1H3/b4-3+. The maximum absolute atomic E-state index is 12.9. The van der Waals surface area contributed by atoms with Gasteiger partial charge in [-0.3, -0.25) is 0 Å². The molecule has 1 aromatic carbocycles. The van der Waals surface area contributed by atoms with E-state index in [9.17, 15) is 23.1 Å². The van der Waals surface area contributed by atoms with E-state index >= 15 is 0 Å². The molecule has 1 atom stereocenters. The van der Waals surface area contributed by atoms with Crippen LogP contribution in [-0.2, 0) is 9.53 Å². The van der Waals surface area contributed by atoms with Crippen LogP contribution in [-0.4, -0.2) is 29.5 Å². The minimum atomic E-state index is -5.12. The van der Waals surface area contributed by atoms with E-state index < -0.39 is 24.2 Å². The van der Waals surface area contributed by atoms with Crippen molar-refractivity contribution in [3.05, 3.63) is 40.9 Å². The van der Waals surface area contributed by atoms with Gasteiger partial charge in [0, 0.05) is 11.4 Å². The second-order valence-electron chi connectivity index (χ2n) is 4.24. The molecule has 0 spiro atoms. The largest absolute Gasteiger partial charge is 0.464 e. The van der Waals surface area contributed by atoms with Gasteiger partial charge in [0.1, 0.15) is 0 Å². The lowest BCUT2D eigenvalue weighted by Crippen LogP contribution is -2.52. The minimum absolute atomic E-state index is 0.252. The SMILES string of the molecule is CCOC(=O)C(O)(C/C=C/c1ccc(Cl)cc1)C(F)(F)F. The second kappa shape index (κ2) is 6.95. The molecule has 0 aliphatic rings. The molecule has 0 amide bonds. The van der Waals surface area contributed by atoms with Crippen molar-refractivity contribution < 1.29 is 27.8 Å². The van der Waals surface area contributed by atoms with Crippen LogP contribution in [0.5, 0.6) is 0 Å². The van der Waals surface area contributed by atoms with Gasteiger partial charge < -0.3 is 9.84 Å². The first-order chi connectivity index (χ1) is 9.70. The topological polar surface area (TPSA) is 46.5 Å². The molecule has 0 fully saturated rings. The molecule has 1 rings (SSSR count). The molecule has 1 N–H and O–H groups in total. The molecule has 7 heteroatoms. The number of aliphatic hydroxyl groups is 1. The zero-order valence-electron chi connectivity index (χ0n) is 11.2. The number of halogens is 4. The Hall–Kier alpha value is -1.53. The van der Waals surface area contributed by atoms with Crippen LogP contribution < -0.4 is 0 Å². The third-order valence-corrected chi connectivity index (χ3v) is 2.93. The number of ether oxygens (including phenoxy) is 1. The highest BCUT2D eigenvalue weighted by atomic mass is 35.5. The lowest BCUT2D eigenvalue weighted by molar-refractivity contribution is -0.261. The number of carbonyl (C=O) groups excluding carboxylic acids is 1. The van der Waals surface area contributed by atoms with Gasteiger partial charge in [0.15, 0.2) is 0 Å².